The van der Waals surface area contributed by atoms with E-state index in [1.807, 2.05) is 0 Å². The number of aryl methyl sites for hydroxylation is 2. The van der Waals surface area contributed by atoms with Crippen molar-refractivity contribution in [2.24, 2.45) is 0 Å². The summed E-state index contributed by atoms with van der Waals surface area (Å²) in [7, 11) is -3.76. The Labute approximate surface area is 133 Å². The fourth-order valence-electron chi connectivity index (χ4n) is 2.51. The molecular weight excluding hydrogens is 320 g/mol. The number of nitrogens with one attached hydrogen (secondary N) is 2. The monoisotopic (exact) mass is 336 g/mol. The Kier molecular flexibility index (Phi) is 3.72. The fraction of sp³-hybridized carbons (Fsp3) is 0.286. The molecule has 0 saturated carbocycles. The number of sulfonamides is 1. The highest BCUT2D eigenvalue weighted by Gasteiger charge is 2.25. The zero-order valence-electron chi connectivity index (χ0n) is 12.7. The molecule has 1 aliphatic heterocycles. The second-order valence-corrected chi connectivity index (χ2v) is 6.80. The summed E-state index contributed by atoms with van der Waals surface area (Å²) in [5.74, 6) is 0. The highest BCUT2D eigenvalue weighted by Crippen LogP contribution is 2.25. The van der Waals surface area contributed by atoms with E-state index < -0.39 is 16.1 Å². The van der Waals surface area contributed by atoms with Gasteiger partial charge in [-0.1, -0.05) is 6.07 Å². The van der Waals surface area contributed by atoms with Gasteiger partial charge in [-0.2, -0.15) is 5.10 Å². The number of cyclic esters (lactones) is 1. The van der Waals surface area contributed by atoms with Gasteiger partial charge in [-0.15, -0.1) is 0 Å². The normalized spacial score (nSPS) is 14.9. The van der Waals surface area contributed by atoms with Gasteiger partial charge in [-0.05, 0) is 32.0 Å². The number of anilines is 2. The van der Waals surface area contributed by atoms with Crippen molar-refractivity contribution >= 4 is 27.5 Å². The molecule has 1 amide bonds. The Hall–Kier alpha value is -2.55. The van der Waals surface area contributed by atoms with Crippen LogP contribution in [-0.2, 0) is 14.8 Å². The molecule has 1 aromatic carbocycles. The molecule has 2 aromatic rings. The van der Waals surface area contributed by atoms with Gasteiger partial charge in [0.15, 0.2) is 0 Å². The van der Waals surface area contributed by atoms with E-state index in [9.17, 15) is 13.2 Å². The van der Waals surface area contributed by atoms with E-state index in [2.05, 4.69) is 14.9 Å². The van der Waals surface area contributed by atoms with Gasteiger partial charge >= 0.3 is 6.09 Å². The van der Waals surface area contributed by atoms with E-state index in [1.165, 1.54) is 4.90 Å². The van der Waals surface area contributed by atoms with Crippen molar-refractivity contribution < 1.29 is 17.9 Å². The van der Waals surface area contributed by atoms with Crippen molar-refractivity contribution in [3.05, 3.63) is 35.7 Å². The quantitative estimate of drug-likeness (QED) is 0.885. The van der Waals surface area contributed by atoms with Gasteiger partial charge in [-0.25, -0.2) is 13.2 Å². The van der Waals surface area contributed by atoms with Crippen molar-refractivity contribution in [2.45, 2.75) is 18.7 Å². The van der Waals surface area contributed by atoms with Gasteiger partial charge in [-0.3, -0.25) is 14.7 Å². The molecule has 3 rings (SSSR count). The number of carbonyl (C=O) groups is 1. The highest BCUT2D eigenvalue weighted by molar-refractivity contribution is 7.92. The zero-order valence-corrected chi connectivity index (χ0v) is 13.5. The van der Waals surface area contributed by atoms with Gasteiger partial charge in [0.1, 0.15) is 11.5 Å². The third-order valence-corrected chi connectivity index (χ3v) is 5.14. The van der Waals surface area contributed by atoms with Gasteiger partial charge in [0.25, 0.3) is 10.0 Å². The molecule has 23 heavy (non-hydrogen) atoms. The summed E-state index contributed by atoms with van der Waals surface area (Å²) in [4.78, 5) is 13.2. The first-order valence-corrected chi connectivity index (χ1v) is 8.45. The molecule has 1 aliphatic rings. The van der Waals surface area contributed by atoms with Crippen LogP contribution in [0, 0.1) is 13.8 Å². The molecule has 9 heteroatoms. The Morgan fingerprint density at radius 2 is 2.13 bits per heavy atom. The van der Waals surface area contributed by atoms with E-state index >= 15 is 0 Å². The Bertz CT molecular complexity index is 840. The summed E-state index contributed by atoms with van der Waals surface area (Å²) in [6, 6.07) is 6.61. The number of amides is 1. The maximum Gasteiger partial charge on any atom is 0.414 e. The predicted octanol–water partition coefficient (Wildman–Crippen LogP) is 1.78. The smallest absolute Gasteiger partial charge is 0.414 e. The number of carbonyl (C=O) groups excluding carboxylic acids is 1. The highest BCUT2D eigenvalue weighted by atomic mass is 32.2. The number of nitrogens with zero attached hydrogens (tertiary/aromatic N) is 2. The lowest BCUT2D eigenvalue weighted by Crippen LogP contribution is -2.23. The van der Waals surface area contributed by atoms with Crippen LogP contribution in [0.15, 0.2) is 29.2 Å². The van der Waals surface area contributed by atoms with Crippen LogP contribution in [0.5, 0.6) is 0 Å². The lowest BCUT2D eigenvalue weighted by Gasteiger charge is -2.14. The van der Waals surface area contributed by atoms with Crippen LogP contribution >= 0.6 is 0 Å². The third-order valence-electron chi connectivity index (χ3n) is 3.50. The van der Waals surface area contributed by atoms with Crippen molar-refractivity contribution in [1.82, 2.24) is 10.2 Å². The molecule has 0 radical (unpaired) electrons. The van der Waals surface area contributed by atoms with Crippen LogP contribution in [0.2, 0.25) is 0 Å². The summed E-state index contributed by atoms with van der Waals surface area (Å²) in [5.41, 5.74) is 1.80. The molecule has 0 bridgehead atoms. The molecule has 0 aliphatic carbocycles. The molecule has 1 aromatic heterocycles. The van der Waals surface area contributed by atoms with Crippen molar-refractivity contribution in [1.29, 1.82) is 0 Å². The topological polar surface area (TPSA) is 104 Å². The summed E-state index contributed by atoms with van der Waals surface area (Å²) in [6.07, 6.45) is -0.438. The van der Waals surface area contributed by atoms with Crippen LogP contribution in [0.25, 0.3) is 0 Å². The fourth-order valence-corrected chi connectivity index (χ4v) is 3.93. The first kappa shape index (κ1) is 15.3. The number of rotatable bonds is 4. The molecule has 1 fully saturated rings. The minimum absolute atomic E-state index is 0.128. The van der Waals surface area contributed by atoms with E-state index in [0.29, 0.717) is 35.9 Å². The zero-order chi connectivity index (χ0) is 16.6. The molecule has 0 unspecified atom stereocenters. The summed E-state index contributed by atoms with van der Waals surface area (Å²) in [6.45, 7) is 4.02. The largest absolute Gasteiger partial charge is 0.447 e. The van der Waals surface area contributed by atoms with Crippen LogP contribution < -0.4 is 9.62 Å². The van der Waals surface area contributed by atoms with Crippen molar-refractivity contribution in [3.8, 4) is 0 Å². The lowest BCUT2D eigenvalue weighted by atomic mass is 10.2. The van der Waals surface area contributed by atoms with Gasteiger partial charge < -0.3 is 4.74 Å². The predicted molar refractivity (Wildman–Crippen MR) is 84.0 cm³/mol. The Morgan fingerprint density at radius 3 is 2.74 bits per heavy atom. The number of benzene rings is 1. The molecular formula is C14H16N4O4S. The molecule has 8 nitrogen and oxygen atoms in total. The number of H-pyrrole nitrogens is 1. The first-order valence-electron chi connectivity index (χ1n) is 6.97. The summed E-state index contributed by atoms with van der Waals surface area (Å²) >= 11 is 0. The van der Waals surface area contributed by atoms with Gasteiger partial charge in [0.2, 0.25) is 0 Å². The standard InChI is InChI=1S/C14H16N4O4S/c1-9-13(10(2)16-15-9)23(20,21)17-11-4-3-5-12(8-11)18-6-7-22-14(18)19/h3-5,8,17H,6-7H2,1-2H3,(H,15,16). The van der Waals surface area contributed by atoms with Crippen molar-refractivity contribution in [2.75, 3.05) is 22.8 Å². The molecule has 122 valence electrons. The molecule has 2 N–H and O–H groups in total. The summed E-state index contributed by atoms with van der Waals surface area (Å²) in [5, 5.41) is 6.55. The van der Waals surface area contributed by atoms with Gasteiger partial charge in [0.05, 0.1) is 23.6 Å². The average molecular weight is 336 g/mol. The SMILES string of the molecule is Cc1n[nH]c(C)c1S(=O)(=O)Nc1cccc(N2CCOC2=O)c1. The molecule has 2 heterocycles. The van der Waals surface area contributed by atoms with E-state index in [1.54, 1.807) is 38.1 Å². The van der Waals surface area contributed by atoms with Crippen LogP contribution in [-0.4, -0.2) is 37.9 Å². The third kappa shape index (κ3) is 2.87. The minimum atomic E-state index is -3.76. The molecule has 0 atom stereocenters. The maximum absolute atomic E-state index is 12.5. The van der Waals surface area contributed by atoms with E-state index in [4.69, 9.17) is 4.74 Å². The Morgan fingerprint density at radius 1 is 1.35 bits per heavy atom. The minimum Gasteiger partial charge on any atom is -0.447 e. The Balaban J connectivity index is 1.90. The van der Waals surface area contributed by atoms with Crippen LogP contribution in [0.3, 0.4) is 0 Å². The summed E-state index contributed by atoms with van der Waals surface area (Å²) < 4.78 is 32.5. The first-order chi connectivity index (χ1) is 10.9. The number of hydrogen-bond donors (Lipinski definition) is 2. The van der Waals surface area contributed by atoms with E-state index in [-0.39, 0.29) is 4.90 Å². The number of aromatic amines is 1. The number of aromatic nitrogens is 2. The van der Waals surface area contributed by atoms with Gasteiger partial charge in [0, 0.05) is 5.69 Å². The molecule has 1 saturated heterocycles. The van der Waals surface area contributed by atoms with Crippen LogP contribution in [0.4, 0.5) is 16.2 Å². The number of ether oxygens (including phenoxy) is 1. The maximum atomic E-state index is 12.5. The second kappa shape index (κ2) is 5.58. The van der Waals surface area contributed by atoms with Crippen LogP contribution in [0.1, 0.15) is 11.4 Å². The second-order valence-electron chi connectivity index (χ2n) is 5.18. The average Bonchev–Trinajstić information content (AvgIpc) is 3.05. The van der Waals surface area contributed by atoms with E-state index in [0.717, 1.165) is 0 Å². The van der Waals surface area contributed by atoms with Crippen molar-refractivity contribution in [3.63, 3.8) is 0 Å². The lowest BCUT2D eigenvalue weighted by molar-refractivity contribution is 0.181. The molecule has 0 spiro atoms. The number of hydrogen-bond acceptors (Lipinski definition) is 5.